The van der Waals surface area contributed by atoms with Gasteiger partial charge in [0.05, 0.1) is 17.4 Å². The summed E-state index contributed by atoms with van der Waals surface area (Å²) in [5, 5.41) is 12.3. The number of hydrogen-bond donors (Lipinski definition) is 1. The molecule has 0 saturated heterocycles. The molecule has 0 atom stereocenters. The molecule has 0 aliphatic rings. The van der Waals surface area contributed by atoms with Crippen LogP contribution >= 0.6 is 11.6 Å². The van der Waals surface area contributed by atoms with Crippen LogP contribution in [-0.2, 0) is 14.6 Å². The first-order chi connectivity index (χ1) is 10.7. The van der Waals surface area contributed by atoms with Gasteiger partial charge in [-0.1, -0.05) is 18.5 Å². The lowest BCUT2D eigenvalue weighted by atomic mass is 10.1. The van der Waals surface area contributed by atoms with Crippen LogP contribution in [0.5, 0.6) is 5.75 Å². The van der Waals surface area contributed by atoms with Gasteiger partial charge in [-0.05, 0) is 24.2 Å². The monoisotopic (exact) mass is 361 g/mol. The van der Waals surface area contributed by atoms with Crippen molar-refractivity contribution in [3.05, 3.63) is 33.3 Å². The molecule has 1 rings (SSSR count). The third kappa shape index (κ3) is 3.89. The number of nitrogens with zero attached hydrogens (tertiary/aromatic N) is 1. The quantitative estimate of drug-likeness (QED) is 0.454. The number of sulfone groups is 1. The zero-order valence-electron chi connectivity index (χ0n) is 12.8. The lowest BCUT2D eigenvalue weighted by Crippen LogP contribution is -2.09. The Hall–Kier alpha value is -1.93. The predicted octanol–water partition coefficient (Wildman–Crippen LogP) is 3.11. The van der Waals surface area contributed by atoms with Crippen LogP contribution in [0.15, 0.2) is 27.9 Å². The van der Waals surface area contributed by atoms with Crippen molar-refractivity contribution in [2.45, 2.75) is 25.7 Å². The number of carbonyl (C=O) groups is 1. The molecule has 0 aromatic heterocycles. The molecular formula is C14H16ClNO6S. The first-order valence-electron chi connectivity index (χ1n) is 6.67. The van der Waals surface area contributed by atoms with E-state index in [-0.39, 0.29) is 33.6 Å². The Morgan fingerprint density at radius 1 is 1.35 bits per heavy atom. The van der Waals surface area contributed by atoms with Gasteiger partial charge in [0.2, 0.25) is 0 Å². The molecule has 0 saturated carbocycles. The van der Waals surface area contributed by atoms with Crippen molar-refractivity contribution in [2.24, 2.45) is 5.18 Å². The molecule has 1 aromatic carbocycles. The topological polar surface area (TPSA) is 110 Å². The van der Waals surface area contributed by atoms with E-state index < -0.39 is 27.1 Å². The largest absolute Gasteiger partial charge is 0.505 e. The Kier molecular flexibility index (Phi) is 6.28. The molecule has 0 heterocycles. The standard InChI is InChI=1S/C14H16ClNO6S/c1-4-22-14-10(23(20,21)5-2)7-6-9(11(14)15)13(18)12(16-19)8(3)17/h6-7,18H,4-5H2,1-3H3/b13-12-. The van der Waals surface area contributed by atoms with Crippen molar-refractivity contribution in [3.8, 4) is 5.75 Å². The Balaban J connectivity index is 3.73. The number of aliphatic hydroxyl groups excluding tert-OH is 1. The highest BCUT2D eigenvalue weighted by molar-refractivity contribution is 7.91. The Morgan fingerprint density at radius 3 is 2.39 bits per heavy atom. The first kappa shape index (κ1) is 19.1. The summed E-state index contributed by atoms with van der Waals surface area (Å²) in [4.78, 5) is 21.9. The molecule has 9 heteroatoms. The van der Waals surface area contributed by atoms with Crippen LogP contribution in [0, 0.1) is 4.91 Å². The average molecular weight is 362 g/mol. The van der Waals surface area contributed by atoms with Crippen molar-refractivity contribution in [1.29, 1.82) is 0 Å². The van der Waals surface area contributed by atoms with Crippen LogP contribution in [0.25, 0.3) is 5.76 Å². The zero-order chi connectivity index (χ0) is 17.8. The summed E-state index contributed by atoms with van der Waals surface area (Å²) in [6, 6.07) is 2.39. The van der Waals surface area contributed by atoms with E-state index in [1.807, 2.05) is 0 Å². The summed E-state index contributed by atoms with van der Waals surface area (Å²) >= 11 is 6.12. The first-order valence-corrected chi connectivity index (χ1v) is 8.70. The zero-order valence-corrected chi connectivity index (χ0v) is 14.4. The molecular weight excluding hydrogens is 346 g/mol. The predicted molar refractivity (Wildman–Crippen MR) is 86.4 cm³/mol. The van der Waals surface area contributed by atoms with Crippen LogP contribution < -0.4 is 4.74 Å². The summed E-state index contributed by atoms with van der Waals surface area (Å²) < 4.78 is 29.5. The molecule has 0 bridgehead atoms. The van der Waals surface area contributed by atoms with Gasteiger partial charge in [0.15, 0.2) is 32.8 Å². The number of halogens is 1. The van der Waals surface area contributed by atoms with Gasteiger partial charge in [0, 0.05) is 12.5 Å². The molecule has 126 valence electrons. The van der Waals surface area contributed by atoms with Crippen LogP contribution in [0.2, 0.25) is 5.02 Å². The highest BCUT2D eigenvalue weighted by Crippen LogP contribution is 2.38. The Bertz CT molecular complexity index is 770. The summed E-state index contributed by atoms with van der Waals surface area (Å²) in [6.45, 7) is 4.29. The molecule has 1 N–H and O–H groups in total. The van der Waals surface area contributed by atoms with Crippen LogP contribution in [0.4, 0.5) is 0 Å². The van der Waals surface area contributed by atoms with E-state index >= 15 is 0 Å². The van der Waals surface area contributed by atoms with Crippen LogP contribution in [-0.4, -0.2) is 31.7 Å². The van der Waals surface area contributed by atoms with E-state index in [1.165, 1.54) is 19.1 Å². The van der Waals surface area contributed by atoms with E-state index in [9.17, 15) is 23.2 Å². The van der Waals surface area contributed by atoms with Crippen LogP contribution in [0.3, 0.4) is 0 Å². The number of rotatable bonds is 7. The van der Waals surface area contributed by atoms with Gasteiger partial charge in [-0.2, -0.15) is 0 Å². The Labute approximate surface area is 138 Å². The van der Waals surface area contributed by atoms with E-state index in [2.05, 4.69) is 5.18 Å². The minimum atomic E-state index is -3.62. The number of ketones is 1. The van der Waals surface area contributed by atoms with Gasteiger partial charge < -0.3 is 9.84 Å². The summed E-state index contributed by atoms with van der Waals surface area (Å²) in [6.07, 6.45) is 0. The minimum absolute atomic E-state index is 0.116. The SMILES string of the molecule is CCOc1c(S(=O)(=O)CC)ccc(/C(O)=C(/N=O)C(C)=O)c1Cl. The third-order valence-electron chi connectivity index (χ3n) is 2.97. The lowest BCUT2D eigenvalue weighted by molar-refractivity contribution is -0.113. The van der Waals surface area contributed by atoms with Gasteiger partial charge in [-0.15, -0.1) is 4.91 Å². The number of allylic oxidation sites excluding steroid dienone is 1. The maximum Gasteiger partial charge on any atom is 0.192 e. The van der Waals surface area contributed by atoms with Crippen molar-refractivity contribution >= 4 is 33.0 Å². The van der Waals surface area contributed by atoms with Crippen molar-refractivity contribution < 1.29 is 23.1 Å². The maximum atomic E-state index is 12.1. The normalized spacial score (nSPS) is 12.5. The molecule has 0 aliphatic carbocycles. The number of nitroso groups, excluding NO2 is 1. The maximum absolute atomic E-state index is 12.1. The average Bonchev–Trinajstić information content (AvgIpc) is 2.49. The molecule has 0 aliphatic heterocycles. The summed E-state index contributed by atoms with van der Waals surface area (Å²) in [5.74, 6) is -1.80. The number of benzene rings is 1. The van der Waals surface area contributed by atoms with Gasteiger partial charge >= 0.3 is 0 Å². The van der Waals surface area contributed by atoms with Gasteiger partial charge in [-0.25, -0.2) is 8.42 Å². The molecule has 1 aromatic rings. The second-order valence-electron chi connectivity index (χ2n) is 4.44. The smallest absolute Gasteiger partial charge is 0.192 e. The van der Waals surface area contributed by atoms with E-state index in [1.54, 1.807) is 6.92 Å². The number of hydrogen-bond acceptors (Lipinski definition) is 7. The molecule has 7 nitrogen and oxygen atoms in total. The fourth-order valence-corrected chi connectivity index (χ4v) is 3.20. The van der Waals surface area contributed by atoms with E-state index in [0.29, 0.717) is 0 Å². The fraction of sp³-hybridized carbons (Fsp3) is 0.357. The Morgan fingerprint density at radius 2 is 1.96 bits per heavy atom. The third-order valence-corrected chi connectivity index (χ3v) is 5.10. The molecule has 0 radical (unpaired) electrons. The van der Waals surface area contributed by atoms with Crippen molar-refractivity contribution in [2.75, 3.05) is 12.4 Å². The molecule has 0 unspecified atom stereocenters. The van der Waals surface area contributed by atoms with Gasteiger partial charge in [0.25, 0.3) is 0 Å². The fourth-order valence-electron chi connectivity index (χ4n) is 1.80. The van der Waals surface area contributed by atoms with E-state index in [4.69, 9.17) is 16.3 Å². The second kappa shape index (κ2) is 7.56. The number of Topliss-reactive ketones (excluding diaryl/α,β-unsaturated/α-hetero) is 1. The number of ether oxygens (including phenoxy) is 1. The molecule has 23 heavy (non-hydrogen) atoms. The number of carbonyl (C=O) groups excluding carboxylic acids is 1. The highest BCUT2D eigenvalue weighted by Gasteiger charge is 2.25. The summed E-state index contributed by atoms with van der Waals surface area (Å²) in [7, 11) is -3.62. The molecule has 0 fully saturated rings. The highest BCUT2D eigenvalue weighted by atomic mass is 35.5. The lowest BCUT2D eigenvalue weighted by Gasteiger charge is -2.15. The molecule has 0 amide bonds. The van der Waals surface area contributed by atoms with Gasteiger partial charge in [-0.3, -0.25) is 4.79 Å². The van der Waals surface area contributed by atoms with Crippen LogP contribution in [0.1, 0.15) is 26.3 Å². The number of aliphatic hydroxyl groups is 1. The van der Waals surface area contributed by atoms with E-state index in [0.717, 1.165) is 6.92 Å². The second-order valence-corrected chi connectivity index (χ2v) is 7.06. The van der Waals surface area contributed by atoms with Crippen molar-refractivity contribution in [1.82, 2.24) is 0 Å². The van der Waals surface area contributed by atoms with Gasteiger partial charge in [0.1, 0.15) is 4.90 Å². The van der Waals surface area contributed by atoms with Crippen molar-refractivity contribution in [3.63, 3.8) is 0 Å². The molecule has 0 spiro atoms. The summed E-state index contributed by atoms with van der Waals surface area (Å²) in [5.41, 5.74) is -0.824. The minimum Gasteiger partial charge on any atom is -0.505 e.